The first kappa shape index (κ1) is 30.4. The number of ether oxygens (including phenoxy) is 3. The van der Waals surface area contributed by atoms with Gasteiger partial charge in [0.2, 0.25) is 0 Å². The number of carbonyl (C=O) groups excluding carboxylic acids is 2. The summed E-state index contributed by atoms with van der Waals surface area (Å²) >= 11 is 0. The minimum atomic E-state index is -0.751. The van der Waals surface area contributed by atoms with E-state index >= 15 is 0 Å². The van der Waals surface area contributed by atoms with Crippen LogP contribution in [0.3, 0.4) is 0 Å². The van der Waals surface area contributed by atoms with Crippen LogP contribution in [0.25, 0.3) is 5.76 Å². The van der Waals surface area contributed by atoms with Gasteiger partial charge in [-0.25, -0.2) is 0 Å². The van der Waals surface area contributed by atoms with Crippen LogP contribution in [0.5, 0.6) is 17.2 Å². The summed E-state index contributed by atoms with van der Waals surface area (Å²) in [5.74, 6) is 0.497. The highest BCUT2D eigenvalue weighted by atomic mass is 16.5. The second kappa shape index (κ2) is 13.9. The molecule has 41 heavy (non-hydrogen) atoms. The van der Waals surface area contributed by atoms with Crippen molar-refractivity contribution in [1.29, 1.82) is 0 Å². The molecule has 1 saturated heterocycles. The number of aliphatic hydroxyl groups is 1. The first-order chi connectivity index (χ1) is 19.8. The highest BCUT2D eigenvalue weighted by Gasteiger charge is 2.46. The minimum absolute atomic E-state index is 0.0498. The first-order valence-electron chi connectivity index (χ1n) is 15.0. The second-order valence-corrected chi connectivity index (χ2v) is 10.7. The molecule has 1 fully saturated rings. The maximum absolute atomic E-state index is 13.6. The maximum atomic E-state index is 13.6. The molecule has 222 valence electrons. The molecule has 1 amide bonds. The quantitative estimate of drug-likeness (QED) is 0.135. The molecule has 0 aliphatic carbocycles. The van der Waals surface area contributed by atoms with Gasteiger partial charge >= 0.3 is 0 Å². The number of rotatable bonds is 14. The Bertz CT molecular complexity index is 1270. The Morgan fingerprint density at radius 2 is 1.80 bits per heavy atom. The molecule has 2 aromatic carbocycles. The number of benzene rings is 2. The zero-order valence-corrected chi connectivity index (χ0v) is 25.1. The van der Waals surface area contributed by atoms with Crippen molar-refractivity contribution >= 4 is 17.4 Å². The average Bonchev–Trinajstić information content (AvgIpc) is 3.46. The van der Waals surface area contributed by atoms with Gasteiger partial charge in [0.25, 0.3) is 11.7 Å². The molecule has 4 rings (SSSR count). The summed E-state index contributed by atoms with van der Waals surface area (Å²) in [5.41, 5.74) is 2.25. The first-order valence-corrected chi connectivity index (χ1v) is 15.0. The van der Waals surface area contributed by atoms with E-state index in [-0.39, 0.29) is 17.4 Å². The number of likely N-dealkylation sites (tertiary alicyclic amines) is 1. The third-order valence-electron chi connectivity index (χ3n) is 7.82. The molecule has 2 aromatic rings. The lowest BCUT2D eigenvalue weighted by Crippen LogP contribution is -2.33. The van der Waals surface area contributed by atoms with E-state index in [4.69, 9.17) is 14.2 Å². The summed E-state index contributed by atoms with van der Waals surface area (Å²) in [5, 5.41) is 11.6. The number of amides is 1. The largest absolute Gasteiger partial charge is 0.507 e. The molecule has 2 atom stereocenters. The van der Waals surface area contributed by atoms with E-state index in [1.165, 1.54) is 0 Å². The molecular formula is C33H44N2O6. The normalized spacial score (nSPS) is 19.5. The summed E-state index contributed by atoms with van der Waals surface area (Å²) in [4.78, 5) is 30.9. The monoisotopic (exact) mass is 564 g/mol. The number of aliphatic hydroxyl groups excluding tert-OH is 1. The molecule has 0 bridgehead atoms. The van der Waals surface area contributed by atoms with E-state index in [1.54, 1.807) is 11.0 Å². The number of nitrogens with zero attached hydrogens (tertiary/aromatic N) is 2. The summed E-state index contributed by atoms with van der Waals surface area (Å²) < 4.78 is 17.7. The van der Waals surface area contributed by atoms with E-state index < -0.39 is 17.7 Å². The van der Waals surface area contributed by atoms with Crippen LogP contribution in [-0.2, 0) is 16.0 Å². The lowest BCUT2D eigenvalue weighted by molar-refractivity contribution is -0.140. The molecule has 8 nitrogen and oxygen atoms in total. The lowest BCUT2D eigenvalue weighted by Gasteiger charge is -2.27. The summed E-state index contributed by atoms with van der Waals surface area (Å²) in [6.45, 7) is 14.2. The maximum Gasteiger partial charge on any atom is 0.295 e. The Balaban J connectivity index is 1.76. The van der Waals surface area contributed by atoms with Gasteiger partial charge in [-0.15, -0.1) is 0 Å². The van der Waals surface area contributed by atoms with E-state index in [1.807, 2.05) is 44.2 Å². The molecular weight excluding hydrogens is 520 g/mol. The Morgan fingerprint density at radius 1 is 1.02 bits per heavy atom. The predicted octanol–water partition coefficient (Wildman–Crippen LogP) is 5.74. The summed E-state index contributed by atoms with van der Waals surface area (Å²) in [6.07, 6.45) is 3.41. The molecule has 2 heterocycles. The number of Topliss-reactive ketones (excluding diaryl/α,β-unsaturated/α-hetero) is 1. The van der Waals surface area contributed by atoms with Crippen molar-refractivity contribution in [3.63, 3.8) is 0 Å². The van der Waals surface area contributed by atoms with Crippen molar-refractivity contribution < 1.29 is 28.9 Å². The van der Waals surface area contributed by atoms with Crippen molar-refractivity contribution in [3.8, 4) is 17.2 Å². The zero-order chi connectivity index (χ0) is 29.5. The van der Waals surface area contributed by atoms with Crippen molar-refractivity contribution in [1.82, 2.24) is 9.80 Å². The van der Waals surface area contributed by atoms with Crippen LogP contribution in [0.15, 0.2) is 42.0 Å². The number of hydrogen-bond acceptors (Lipinski definition) is 7. The SMILES string of the molecule is CCCCOc1ccc([C@@H]2C(=C(O)c3ccc4c(c3)C[C@@H](C)O4)C(=O)C(=O)N2CCCN(CC)CC)cc1OCC. The molecule has 0 saturated carbocycles. The van der Waals surface area contributed by atoms with Gasteiger partial charge in [-0.1, -0.05) is 33.3 Å². The topological polar surface area (TPSA) is 88.5 Å². The van der Waals surface area contributed by atoms with Crippen molar-refractivity contribution in [2.24, 2.45) is 0 Å². The van der Waals surface area contributed by atoms with E-state index in [0.717, 1.165) is 50.2 Å². The molecule has 1 N–H and O–H groups in total. The van der Waals surface area contributed by atoms with Gasteiger partial charge in [0.15, 0.2) is 11.5 Å². The number of carbonyl (C=O) groups is 2. The van der Waals surface area contributed by atoms with E-state index in [2.05, 4.69) is 25.7 Å². The summed E-state index contributed by atoms with van der Waals surface area (Å²) in [7, 11) is 0. The fraction of sp³-hybridized carbons (Fsp3) is 0.515. The number of unbranched alkanes of at least 4 members (excludes halogenated alkanes) is 1. The van der Waals surface area contributed by atoms with Gasteiger partial charge in [0.1, 0.15) is 17.6 Å². The summed E-state index contributed by atoms with van der Waals surface area (Å²) in [6, 6.07) is 10.2. The van der Waals surface area contributed by atoms with Crippen LogP contribution in [-0.4, -0.2) is 72.1 Å². The minimum Gasteiger partial charge on any atom is -0.507 e. The van der Waals surface area contributed by atoms with Crippen LogP contribution >= 0.6 is 0 Å². The van der Waals surface area contributed by atoms with Crippen LogP contribution in [0.1, 0.15) is 76.6 Å². The van der Waals surface area contributed by atoms with Gasteiger partial charge < -0.3 is 29.1 Å². The third kappa shape index (κ3) is 6.70. The van der Waals surface area contributed by atoms with Gasteiger partial charge in [0.05, 0.1) is 24.8 Å². The highest BCUT2D eigenvalue weighted by Crippen LogP contribution is 2.43. The van der Waals surface area contributed by atoms with Crippen molar-refractivity contribution in [2.75, 3.05) is 39.4 Å². The molecule has 0 spiro atoms. The molecule has 0 radical (unpaired) electrons. The molecule has 0 unspecified atom stereocenters. The third-order valence-corrected chi connectivity index (χ3v) is 7.82. The van der Waals surface area contributed by atoms with Gasteiger partial charge in [-0.3, -0.25) is 9.59 Å². The fourth-order valence-corrected chi connectivity index (χ4v) is 5.60. The number of fused-ring (bicyclic) bond motifs is 1. The Morgan fingerprint density at radius 3 is 2.51 bits per heavy atom. The Hall–Kier alpha value is -3.52. The Kier molecular flexibility index (Phi) is 10.3. The highest BCUT2D eigenvalue weighted by molar-refractivity contribution is 6.46. The number of hydrogen-bond donors (Lipinski definition) is 1. The van der Waals surface area contributed by atoms with E-state index in [9.17, 15) is 14.7 Å². The zero-order valence-electron chi connectivity index (χ0n) is 25.1. The number of ketones is 1. The van der Waals surface area contributed by atoms with Crippen LogP contribution in [0.4, 0.5) is 0 Å². The molecule has 2 aliphatic heterocycles. The second-order valence-electron chi connectivity index (χ2n) is 10.7. The smallest absolute Gasteiger partial charge is 0.295 e. The van der Waals surface area contributed by atoms with Crippen LogP contribution < -0.4 is 14.2 Å². The fourth-order valence-electron chi connectivity index (χ4n) is 5.60. The van der Waals surface area contributed by atoms with Crippen LogP contribution in [0, 0.1) is 0 Å². The molecule has 8 heteroatoms. The predicted molar refractivity (Wildman–Crippen MR) is 160 cm³/mol. The van der Waals surface area contributed by atoms with Gasteiger partial charge in [-0.05, 0) is 87.8 Å². The lowest BCUT2D eigenvalue weighted by atomic mass is 9.94. The molecule has 2 aliphatic rings. The average molecular weight is 565 g/mol. The standard InChI is InChI=1S/C33H44N2O6/c1-6-10-18-40-27-15-12-23(21-28(27)39-9-4)30-29(31(36)24-13-14-26-25(20-24)19-22(5)41-26)32(37)33(38)35(30)17-11-16-34(7-2)8-3/h12-15,20-22,30,36H,6-11,16-19H2,1-5H3/t22-,30-/m1/s1. The molecule has 0 aromatic heterocycles. The van der Waals surface area contributed by atoms with E-state index in [0.29, 0.717) is 48.8 Å². The van der Waals surface area contributed by atoms with Crippen molar-refractivity contribution in [2.45, 2.75) is 72.4 Å². The van der Waals surface area contributed by atoms with Gasteiger partial charge in [-0.2, -0.15) is 0 Å². The Labute approximate surface area is 243 Å². The van der Waals surface area contributed by atoms with Gasteiger partial charge in [0, 0.05) is 18.5 Å². The van der Waals surface area contributed by atoms with Crippen molar-refractivity contribution in [3.05, 3.63) is 58.7 Å². The van der Waals surface area contributed by atoms with Crippen LogP contribution in [0.2, 0.25) is 0 Å².